The molecule has 1 rings (SSSR count). The number of hydrogen-bond donors (Lipinski definition) is 0. The minimum atomic E-state index is -4.51. The van der Waals surface area contributed by atoms with Crippen molar-refractivity contribution in [3.05, 3.63) is 34.6 Å². The van der Waals surface area contributed by atoms with Crippen molar-refractivity contribution in [1.29, 1.82) is 0 Å². The van der Waals surface area contributed by atoms with E-state index in [4.69, 9.17) is 22.9 Å². The summed E-state index contributed by atoms with van der Waals surface area (Å²) in [5.41, 5.74) is -0.586. The van der Waals surface area contributed by atoms with Gasteiger partial charge in [-0.15, -0.1) is 0 Å². The predicted molar refractivity (Wildman–Crippen MR) is 81.8 cm³/mol. The lowest BCUT2D eigenvalue weighted by molar-refractivity contribution is -0.153. The summed E-state index contributed by atoms with van der Waals surface area (Å²) in [6, 6.07) is 3.85. The van der Waals surface area contributed by atoms with E-state index < -0.39 is 30.8 Å². The Labute approximate surface area is 137 Å². The van der Waals surface area contributed by atoms with Gasteiger partial charge in [-0.25, -0.2) is 4.85 Å². The highest BCUT2D eigenvalue weighted by atomic mass is 35.5. The van der Waals surface area contributed by atoms with E-state index in [0.717, 1.165) is 4.90 Å². The SMILES string of the molecule is [C-]#[N+]c1ccc(N(CC(=O)OC(C)(C)C)CC(F)(F)F)cc1Cl. The highest BCUT2D eigenvalue weighted by Gasteiger charge is 2.32. The van der Waals surface area contributed by atoms with Crippen LogP contribution in [-0.4, -0.2) is 30.8 Å². The normalized spacial score (nSPS) is 11.7. The van der Waals surface area contributed by atoms with Crippen LogP contribution in [0.4, 0.5) is 24.5 Å². The van der Waals surface area contributed by atoms with Crippen molar-refractivity contribution in [3.8, 4) is 0 Å². The van der Waals surface area contributed by atoms with E-state index in [0.29, 0.717) is 0 Å². The molecule has 0 bridgehead atoms. The fourth-order valence-electron chi connectivity index (χ4n) is 1.77. The van der Waals surface area contributed by atoms with Gasteiger partial charge in [0.25, 0.3) is 0 Å². The summed E-state index contributed by atoms with van der Waals surface area (Å²) in [7, 11) is 0. The van der Waals surface area contributed by atoms with Gasteiger partial charge in [0.05, 0.1) is 6.57 Å². The van der Waals surface area contributed by atoms with Crippen LogP contribution in [0.15, 0.2) is 18.2 Å². The number of benzene rings is 1. The van der Waals surface area contributed by atoms with Crippen LogP contribution in [0.1, 0.15) is 20.8 Å². The number of carbonyl (C=O) groups excluding carboxylic acids is 1. The second kappa shape index (κ2) is 7.09. The lowest BCUT2D eigenvalue weighted by atomic mass is 10.2. The lowest BCUT2D eigenvalue weighted by Crippen LogP contribution is -2.40. The maximum absolute atomic E-state index is 12.8. The van der Waals surface area contributed by atoms with Crippen LogP contribution in [0.25, 0.3) is 4.85 Å². The minimum absolute atomic E-state index is 0.0221. The summed E-state index contributed by atoms with van der Waals surface area (Å²) < 4.78 is 43.3. The van der Waals surface area contributed by atoms with Gasteiger partial charge in [0, 0.05) is 10.7 Å². The Kier molecular flexibility index (Phi) is 5.89. The molecule has 0 aliphatic heterocycles. The van der Waals surface area contributed by atoms with Gasteiger partial charge in [-0.3, -0.25) is 4.79 Å². The Balaban J connectivity index is 3.04. The van der Waals surface area contributed by atoms with Gasteiger partial charge >= 0.3 is 12.1 Å². The monoisotopic (exact) mass is 348 g/mol. The molecule has 0 aliphatic rings. The molecule has 8 heteroatoms. The molecule has 0 spiro atoms. The van der Waals surface area contributed by atoms with Crippen LogP contribution in [0, 0.1) is 6.57 Å². The van der Waals surface area contributed by atoms with Crippen LogP contribution < -0.4 is 4.90 Å². The maximum atomic E-state index is 12.8. The van der Waals surface area contributed by atoms with Gasteiger partial charge in [-0.1, -0.05) is 17.7 Å². The molecule has 0 saturated heterocycles. The van der Waals surface area contributed by atoms with Gasteiger partial charge in [0.15, 0.2) is 0 Å². The Hall–Kier alpha value is -1.94. The Morgan fingerprint density at radius 1 is 1.35 bits per heavy atom. The molecule has 0 radical (unpaired) electrons. The van der Waals surface area contributed by atoms with Gasteiger partial charge in [0.1, 0.15) is 18.7 Å². The molecule has 0 N–H and O–H groups in total. The van der Waals surface area contributed by atoms with Gasteiger partial charge in [-0.05, 0) is 32.9 Å². The number of rotatable bonds is 4. The summed E-state index contributed by atoms with van der Waals surface area (Å²) in [5, 5.41) is 0.0221. The predicted octanol–water partition coefficient (Wildman–Crippen LogP) is 4.60. The van der Waals surface area contributed by atoms with Crippen molar-refractivity contribution in [2.75, 3.05) is 18.0 Å². The van der Waals surface area contributed by atoms with Crippen LogP contribution in [-0.2, 0) is 9.53 Å². The molecule has 1 aromatic rings. The van der Waals surface area contributed by atoms with E-state index in [9.17, 15) is 18.0 Å². The first-order valence-electron chi connectivity index (χ1n) is 6.62. The number of alkyl halides is 3. The van der Waals surface area contributed by atoms with Crippen LogP contribution in [0.2, 0.25) is 5.02 Å². The van der Waals surface area contributed by atoms with Crippen LogP contribution >= 0.6 is 11.6 Å². The van der Waals surface area contributed by atoms with Gasteiger partial charge < -0.3 is 9.64 Å². The number of hydrogen-bond acceptors (Lipinski definition) is 3. The summed E-state index contributed by atoms with van der Waals surface area (Å²) >= 11 is 5.85. The number of nitrogens with zero attached hydrogens (tertiary/aromatic N) is 2. The van der Waals surface area contributed by atoms with Gasteiger partial charge in [0.2, 0.25) is 5.69 Å². The molecule has 1 aromatic carbocycles. The van der Waals surface area contributed by atoms with E-state index in [1.807, 2.05) is 0 Å². The quantitative estimate of drug-likeness (QED) is 0.589. The highest BCUT2D eigenvalue weighted by molar-refractivity contribution is 6.33. The van der Waals surface area contributed by atoms with Gasteiger partial charge in [-0.2, -0.15) is 13.2 Å². The minimum Gasteiger partial charge on any atom is -0.459 e. The maximum Gasteiger partial charge on any atom is 0.405 e. The topological polar surface area (TPSA) is 33.9 Å². The zero-order valence-corrected chi connectivity index (χ0v) is 13.6. The van der Waals surface area contributed by atoms with E-state index in [-0.39, 0.29) is 16.4 Å². The smallest absolute Gasteiger partial charge is 0.405 e. The van der Waals surface area contributed by atoms with Crippen LogP contribution in [0.3, 0.4) is 0 Å². The largest absolute Gasteiger partial charge is 0.459 e. The summed E-state index contributed by atoms with van der Waals surface area (Å²) in [6.45, 7) is 9.85. The molecule has 4 nitrogen and oxygen atoms in total. The molecular formula is C15H16ClF3N2O2. The number of anilines is 1. The highest BCUT2D eigenvalue weighted by Crippen LogP contribution is 2.31. The third-order valence-corrected chi connectivity index (χ3v) is 2.83. The van der Waals surface area contributed by atoms with E-state index in [2.05, 4.69) is 4.85 Å². The lowest BCUT2D eigenvalue weighted by Gasteiger charge is -2.27. The average molecular weight is 349 g/mol. The second-order valence-electron chi connectivity index (χ2n) is 5.81. The molecule has 0 aliphatic carbocycles. The molecule has 0 aromatic heterocycles. The second-order valence-corrected chi connectivity index (χ2v) is 6.21. The molecule has 23 heavy (non-hydrogen) atoms. The summed E-state index contributed by atoms with van der Waals surface area (Å²) in [4.78, 5) is 15.8. The molecule has 0 saturated carbocycles. The number of carbonyl (C=O) groups is 1. The molecule has 126 valence electrons. The molecule has 0 amide bonds. The zero-order valence-electron chi connectivity index (χ0n) is 12.9. The number of esters is 1. The Morgan fingerprint density at radius 2 is 1.96 bits per heavy atom. The first kappa shape index (κ1) is 19.1. The molecule has 0 fully saturated rings. The third kappa shape index (κ3) is 6.78. The van der Waals surface area contributed by atoms with Crippen molar-refractivity contribution in [1.82, 2.24) is 0 Å². The number of ether oxygens (including phenoxy) is 1. The Morgan fingerprint density at radius 3 is 2.39 bits per heavy atom. The Bertz CT molecular complexity index is 619. The van der Waals surface area contributed by atoms with Crippen molar-refractivity contribution in [2.24, 2.45) is 0 Å². The van der Waals surface area contributed by atoms with E-state index >= 15 is 0 Å². The van der Waals surface area contributed by atoms with E-state index in [1.54, 1.807) is 20.8 Å². The van der Waals surface area contributed by atoms with E-state index in [1.165, 1.54) is 18.2 Å². The zero-order chi connectivity index (χ0) is 17.8. The molecule has 0 unspecified atom stereocenters. The van der Waals surface area contributed by atoms with Crippen molar-refractivity contribution < 1.29 is 22.7 Å². The van der Waals surface area contributed by atoms with Crippen molar-refractivity contribution in [3.63, 3.8) is 0 Å². The van der Waals surface area contributed by atoms with Crippen LogP contribution in [0.5, 0.6) is 0 Å². The van der Waals surface area contributed by atoms with Crippen molar-refractivity contribution in [2.45, 2.75) is 32.5 Å². The molecule has 0 atom stereocenters. The first-order valence-corrected chi connectivity index (χ1v) is 6.99. The third-order valence-electron chi connectivity index (χ3n) is 2.53. The molecular weight excluding hydrogens is 333 g/mol. The first-order chi connectivity index (χ1) is 10.4. The summed E-state index contributed by atoms with van der Waals surface area (Å²) in [6.07, 6.45) is -4.51. The standard InChI is InChI=1S/C15H16ClF3N2O2/c1-14(2,3)23-13(22)8-21(9-15(17,18)19)10-5-6-12(20-4)11(16)7-10/h5-7H,8-9H2,1-3H3. The fourth-order valence-corrected chi connectivity index (χ4v) is 1.98. The number of halogens is 4. The van der Waals surface area contributed by atoms with Crippen molar-refractivity contribution >= 4 is 28.9 Å². The fraction of sp³-hybridized carbons (Fsp3) is 0.467. The average Bonchev–Trinajstić information content (AvgIpc) is 2.33. The molecule has 0 heterocycles. The summed E-state index contributed by atoms with van der Waals surface area (Å²) in [5.74, 6) is -0.785.